The number of nitrogens with one attached hydrogen (secondary N) is 1. The largest absolute Gasteiger partial charge is 0.389 e. The third kappa shape index (κ3) is 3.28. The molecule has 0 bridgehead atoms. The lowest BCUT2D eigenvalue weighted by molar-refractivity contribution is -0.0147. The van der Waals surface area contributed by atoms with Crippen LogP contribution in [0.4, 0.5) is 0 Å². The van der Waals surface area contributed by atoms with Crippen LogP contribution in [0.25, 0.3) is 0 Å². The van der Waals surface area contributed by atoms with E-state index < -0.39 is 5.60 Å². The second-order valence-electron chi connectivity index (χ2n) is 4.47. The molecule has 1 saturated carbocycles. The van der Waals surface area contributed by atoms with Crippen molar-refractivity contribution in [2.75, 3.05) is 13.1 Å². The highest BCUT2D eigenvalue weighted by atomic mass is 16.3. The van der Waals surface area contributed by atoms with Crippen LogP contribution in [0.15, 0.2) is 0 Å². The zero-order valence-electron chi connectivity index (χ0n) is 8.97. The van der Waals surface area contributed by atoms with Crippen LogP contribution < -0.4 is 5.32 Å². The first-order valence-corrected chi connectivity index (χ1v) is 5.60. The fourth-order valence-electron chi connectivity index (χ4n) is 2.25. The molecular formula is C11H23NO. The van der Waals surface area contributed by atoms with E-state index in [9.17, 15) is 5.11 Å². The number of aliphatic hydroxyl groups is 1. The highest BCUT2D eigenvalue weighted by Gasteiger charge is 2.31. The lowest BCUT2D eigenvalue weighted by Crippen LogP contribution is -2.45. The zero-order valence-corrected chi connectivity index (χ0v) is 8.97. The van der Waals surface area contributed by atoms with Crippen LogP contribution in [0.5, 0.6) is 0 Å². The van der Waals surface area contributed by atoms with Crippen LogP contribution in [-0.4, -0.2) is 23.8 Å². The minimum absolute atomic E-state index is 0.490. The third-order valence-electron chi connectivity index (χ3n) is 3.22. The van der Waals surface area contributed by atoms with Crippen LogP contribution >= 0.6 is 0 Å². The van der Waals surface area contributed by atoms with Gasteiger partial charge in [0.25, 0.3) is 0 Å². The molecule has 0 amide bonds. The first-order valence-electron chi connectivity index (χ1n) is 5.60. The summed E-state index contributed by atoms with van der Waals surface area (Å²) in [7, 11) is 0. The molecule has 78 valence electrons. The molecule has 13 heavy (non-hydrogen) atoms. The summed E-state index contributed by atoms with van der Waals surface area (Å²) in [5.74, 6) is 0.514. The van der Waals surface area contributed by atoms with Crippen molar-refractivity contribution in [1.82, 2.24) is 5.32 Å². The Labute approximate surface area is 81.7 Å². The summed E-state index contributed by atoms with van der Waals surface area (Å²) in [4.78, 5) is 0. The molecule has 0 saturated heterocycles. The van der Waals surface area contributed by atoms with Crippen molar-refractivity contribution in [2.24, 2.45) is 5.92 Å². The molecule has 1 fully saturated rings. The third-order valence-corrected chi connectivity index (χ3v) is 3.22. The van der Waals surface area contributed by atoms with Crippen LogP contribution in [0, 0.1) is 5.92 Å². The molecule has 1 rings (SSSR count). The van der Waals surface area contributed by atoms with E-state index in [0.29, 0.717) is 5.92 Å². The minimum Gasteiger partial charge on any atom is -0.389 e. The predicted octanol–water partition coefficient (Wildman–Crippen LogP) is 1.93. The molecule has 1 aliphatic carbocycles. The van der Waals surface area contributed by atoms with E-state index in [4.69, 9.17) is 0 Å². The quantitative estimate of drug-likeness (QED) is 0.701. The summed E-state index contributed by atoms with van der Waals surface area (Å²) in [6.45, 7) is 5.75. The first-order chi connectivity index (χ1) is 6.17. The Kier molecular flexibility index (Phi) is 4.20. The fourth-order valence-corrected chi connectivity index (χ4v) is 2.25. The van der Waals surface area contributed by atoms with Gasteiger partial charge in [-0.05, 0) is 32.2 Å². The molecule has 0 radical (unpaired) electrons. The van der Waals surface area contributed by atoms with Crippen LogP contribution in [0.2, 0.25) is 0 Å². The Morgan fingerprint density at radius 2 is 1.92 bits per heavy atom. The number of hydrogen-bond donors (Lipinski definition) is 2. The van der Waals surface area contributed by atoms with E-state index in [-0.39, 0.29) is 0 Å². The summed E-state index contributed by atoms with van der Waals surface area (Å²) in [6.07, 6.45) is 6.37. The fraction of sp³-hybridized carbons (Fsp3) is 1.00. The number of likely N-dealkylation sites (N-methyl/N-ethyl adjacent to an activating group) is 1. The standard InChI is InChI=1S/C11H23NO/c1-3-12-9-11(2,13)10-7-5-4-6-8-10/h10,12-13H,3-9H2,1-2H3. The maximum absolute atomic E-state index is 10.2. The average molecular weight is 185 g/mol. The molecule has 2 nitrogen and oxygen atoms in total. The van der Waals surface area contributed by atoms with Gasteiger partial charge in [0.1, 0.15) is 0 Å². The van der Waals surface area contributed by atoms with Gasteiger partial charge in [0.05, 0.1) is 5.60 Å². The Bertz CT molecular complexity index is 139. The lowest BCUT2D eigenvalue weighted by Gasteiger charge is -2.35. The Hall–Kier alpha value is -0.0800. The van der Waals surface area contributed by atoms with Gasteiger partial charge in [0, 0.05) is 6.54 Å². The molecule has 0 spiro atoms. The number of rotatable bonds is 4. The minimum atomic E-state index is -0.490. The highest BCUT2D eigenvalue weighted by Crippen LogP contribution is 2.32. The molecular weight excluding hydrogens is 162 g/mol. The SMILES string of the molecule is CCNCC(C)(O)C1CCCCC1. The molecule has 0 aromatic heterocycles. The molecule has 1 atom stereocenters. The Balaban J connectivity index is 2.36. The van der Waals surface area contributed by atoms with E-state index in [2.05, 4.69) is 12.2 Å². The van der Waals surface area contributed by atoms with Crippen molar-refractivity contribution in [3.05, 3.63) is 0 Å². The summed E-state index contributed by atoms with van der Waals surface area (Å²) in [5.41, 5.74) is -0.490. The van der Waals surface area contributed by atoms with Crippen LogP contribution in [0.1, 0.15) is 46.0 Å². The average Bonchev–Trinajstić information content (AvgIpc) is 2.16. The van der Waals surface area contributed by atoms with E-state index in [0.717, 1.165) is 13.1 Å². The van der Waals surface area contributed by atoms with Gasteiger partial charge in [0.15, 0.2) is 0 Å². The highest BCUT2D eigenvalue weighted by molar-refractivity contribution is 4.85. The zero-order chi connectivity index (χ0) is 9.73. The van der Waals surface area contributed by atoms with Gasteiger partial charge >= 0.3 is 0 Å². The summed E-state index contributed by atoms with van der Waals surface area (Å²) >= 11 is 0. The van der Waals surface area contributed by atoms with Gasteiger partial charge in [0.2, 0.25) is 0 Å². The Morgan fingerprint density at radius 3 is 2.46 bits per heavy atom. The molecule has 2 heteroatoms. The molecule has 1 aliphatic rings. The van der Waals surface area contributed by atoms with E-state index in [1.807, 2.05) is 6.92 Å². The van der Waals surface area contributed by atoms with Crippen molar-refractivity contribution >= 4 is 0 Å². The molecule has 0 aliphatic heterocycles. The topological polar surface area (TPSA) is 32.3 Å². The Morgan fingerprint density at radius 1 is 1.31 bits per heavy atom. The molecule has 0 aromatic rings. The van der Waals surface area contributed by atoms with Gasteiger partial charge in [-0.15, -0.1) is 0 Å². The molecule has 0 heterocycles. The van der Waals surface area contributed by atoms with Crippen LogP contribution in [-0.2, 0) is 0 Å². The summed E-state index contributed by atoms with van der Waals surface area (Å²) in [5, 5.41) is 13.4. The maximum Gasteiger partial charge on any atom is 0.0771 e. The monoisotopic (exact) mass is 185 g/mol. The van der Waals surface area contributed by atoms with Crippen molar-refractivity contribution in [1.29, 1.82) is 0 Å². The van der Waals surface area contributed by atoms with E-state index in [1.165, 1.54) is 32.1 Å². The molecule has 0 aromatic carbocycles. The van der Waals surface area contributed by atoms with Gasteiger partial charge in [-0.3, -0.25) is 0 Å². The predicted molar refractivity (Wildman–Crippen MR) is 55.7 cm³/mol. The molecule has 2 N–H and O–H groups in total. The smallest absolute Gasteiger partial charge is 0.0771 e. The van der Waals surface area contributed by atoms with Crippen LogP contribution in [0.3, 0.4) is 0 Å². The van der Waals surface area contributed by atoms with Crippen molar-refractivity contribution in [2.45, 2.75) is 51.6 Å². The van der Waals surface area contributed by atoms with Gasteiger partial charge in [-0.2, -0.15) is 0 Å². The normalized spacial score (nSPS) is 24.2. The van der Waals surface area contributed by atoms with E-state index in [1.54, 1.807) is 0 Å². The second kappa shape index (κ2) is 4.97. The second-order valence-corrected chi connectivity index (χ2v) is 4.47. The van der Waals surface area contributed by atoms with Crippen molar-refractivity contribution in [3.63, 3.8) is 0 Å². The summed E-state index contributed by atoms with van der Waals surface area (Å²) < 4.78 is 0. The van der Waals surface area contributed by atoms with Gasteiger partial charge in [-0.1, -0.05) is 26.2 Å². The maximum atomic E-state index is 10.2. The van der Waals surface area contributed by atoms with E-state index >= 15 is 0 Å². The first kappa shape index (κ1) is 11.0. The summed E-state index contributed by atoms with van der Waals surface area (Å²) in [6, 6.07) is 0. The van der Waals surface area contributed by atoms with Gasteiger partial charge in [-0.25, -0.2) is 0 Å². The lowest BCUT2D eigenvalue weighted by atomic mass is 9.78. The van der Waals surface area contributed by atoms with Crippen molar-refractivity contribution < 1.29 is 5.11 Å². The van der Waals surface area contributed by atoms with Gasteiger partial charge < -0.3 is 10.4 Å². The number of hydrogen-bond acceptors (Lipinski definition) is 2. The van der Waals surface area contributed by atoms with Crippen molar-refractivity contribution in [3.8, 4) is 0 Å². The molecule has 1 unspecified atom stereocenters.